The lowest BCUT2D eigenvalue weighted by Crippen LogP contribution is -2.13. The molecule has 2 nitrogen and oxygen atoms in total. The molecule has 2 N–H and O–H groups in total. The summed E-state index contributed by atoms with van der Waals surface area (Å²) >= 11 is 12.0. The minimum atomic E-state index is -0.107. The highest BCUT2D eigenvalue weighted by atomic mass is 35.5. The summed E-state index contributed by atoms with van der Waals surface area (Å²) < 4.78 is 5.12. The van der Waals surface area contributed by atoms with E-state index >= 15 is 0 Å². The van der Waals surface area contributed by atoms with Crippen molar-refractivity contribution in [2.24, 2.45) is 5.73 Å². The summed E-state index contributed by atoms with van der Waals surface area (Å²) in [4.78, 5) is 0. The summed E-state index contributed by atoms with van der Waals surface area (Å²) in [6.45, 7) is 0. The first-order valence-corrected chi connectivity index (χ1v) is 6.69. The van der Waals surface area contributed by atoms with E-state index in [1.807, 2.05) is 36.4 Å². The molecule has 0 aliphatic carbocycles. The Kier molecular flexibility index (Phi) is 4.70. The Hall–Kier alpha value is -1.22. The number of rotatable bonds is 4. The quantitative estimate of drug-likeness (QED) is 0.915. The van der Waals surface area contributed by atoms with Gasteiger partial charge in [0.15, 0.2) is 0 Å². The molecule has 0 saturated heterocycles. The average molecular weight is 296 g/mol. The number of benzene rings is 2. The third-order valence-electron chi connectivity index (χ3n) is 3.00. The highest BCUT2D eigenvalue weighted by Crippen LogP contribution is 2.25. The zero-order valence-corrected chi connectivity index (χ0v) is 12.1. The fourth-order valence-electron chi connectivity index (χ4n) is 1.89. The topological polar surface area (TPSA) is 35.2 Å². The van der Waals surface area contributed by atoms with E-state index in [1.54, 1.807) is 13.2 Å². The van der Waals surface area contributed by atoms with Gasteiger partial charge in [0, 0.05) is 16.1 Å². The minimum absolute atomic E-state index is 0.107. The first-order chi connectivity index (χ1) is 9.10. The normalized spacial score (nSPS) is 12.2. The molecule has 1 unspecified atom stereocenters. The van der Waals surface area contributed by atoms with E-state index in [0.29, 0.717) is 16.5 Å². The van der Waals surface area contributed by atoms with Gasteiger partial charge in [0.05, 0.1) is 7.11 Å². The Bertz CT molecular complexity index is 555. The van der Waals surface area contributed by atoms with Crippen molar-refractivity contribution >= 4 is 23.2 Å². The van der Waals surface area contributed by atoms with Crippen LogP contribution in [-0.4, -0.2) is 7.11 Å². The van der Waals surface area contributed by atoms with Crippen molar-refractivity contribution in [3.05, 3.63) is 63.6 Å². The van der Waals surface area contributed by atoms with Gasteiger partial charge in [0.1, 0.15) is 5.75 Å². The molecular formula is C15H15Cl2NO. The predicted octanol–water partition coefficient (Wildman–Crippen LogP) is 4.24. The predicted molar refractivity (Wildman–Crippen MR) is 80.1 cm³/mol. The van der Waals surface area contributed by atoms with Gasteiger partial charge >= 0.3 is 0 Å². The van der Waals surface area contributed by atoms with E-state index in [-0.39, 0.29) is 6.04 Å². The second kappa shape index (κ2) is 6.29. The van der Waals surface area contributed by atoms with Gasteiger partial charge in [-0.25, -0.2) is 0 Å². The summed E-state index contributed by atoms with van der Waals surface area (Å²) in [7, 11) is 1.64. The molecule has 0 spiro atoms. The molecule has 19 heavy (non-hydrogen) atoms. The Labute approximate surface area is 123 Å². The van der Waals surface area contributed by atoms with Crippen LogP contribution in [0.3, 0.4) is 0 Å². The molecule has 0 fully saturated rings. The fraction of sp³-hybridized carbons (Fsp3) is 0.200. The molecule has 0 heterocycles. The molecule has 2 aromatic carbocycles. The summed E-state index contributed by atoms with van der Waals surface area (Å²) in [6, 6.07) is 13.1. The number of hydrogen-bond acceptors (Lipinski definition) is 2. The Morgan fingerprint density at radius 1 is 1.11 bits per heavy atom. The molecule has 0 aliphatic heterocycles. The standard InChI is InChI=1S/C15H15Cl2NO/c1-19-13-6-3-10(4-7-13)15(18)8-11-2-5-12(16)9-14(11)17/h2-7,9,15H,8,18H2,1H3. The van der Waals surface area contributed by atoms with Crippen LogP contribution in [0.4, 0.5) is 0 Å². The zero-order valence-electron chi connectivity index (χ0n) is 10.6. The van der Waals surface area contributed by atoms with Crippen LogP contribution < -0.4 is 10.5 Å². The maximum absolute atomic E-state index is 6.19. The summed E-state index contributed by atoms with van der Waals surface area (Å²) in [5.74, 6) is 0.820. The Morgan fingerprint density at radius 2 is 1.79 bits per heavy atom. The molecule has 0 aromatic heterocycles. The van der Waals surface area contributed by atoms with Crippen LogP contribution in [0.15, 0.2) is 42.5 Å². The molecule has 1 atom stereocenters. The van der Waals surface area contributed by atoms with Gasteiger partial charge in [-0.05, 0) is 41.8 Å². The van der Waals surface area contributed by atoms with Crippen LogP contribution in [0.2, 0.25) is 10.0 Å². The first kappa shape index (κ1) is 14.2. The molecule has 0 radical (unpaired) electrons. The largest absolute Gasteiger partial charge is 0.497 e. The van der Waals surface area contributed by atoms with Crippen LogP contribution in [0, 0.1) is 0 Å². The van der Waals surface area contributed by atoms with E-state index in [2.05, 4.69) is 0 Å². The van der Waals surface area contributed by atoms with Crippen molar-refractivity contribution in [3.63, 3.8) is 0 Å². The van der Waals surface area contributed by atoms with E-state index in [0.717, 1.165) is 16.9 Å². The number of methoxy groups -OCH3 is 1. The Balaban J connectivity index is 2.13. The lowest BCUT2D eigenvalue weighted by molar-refractivity contribution is 0.414. The highest BCUT2D eigenvalue weighted by Gasteiger charge is 2.10. The lowest BCUT2D eigenvalue weighted by atomic mass is 9.99. The minimum Gasteiger partial charge on any atom is -0.497 e. The fourth-order valence-corrected chi connectivity index (χ4v) is 2.38. The van der Waals surface area contributed by atoms with Crippen molar-refractivity contribution in [1.82, 2.24) is 0 Å². The molecule has 0 saturated carbocycles. The molecule has 2 rings (SSSR count). The number of nitrogens with two attached hydrogens (primary N) is 1. The van der Waals surface area contributed by atoms with Gasteiger partial charge in [-0.3, -0.25) is 0 Å². The third kappa shape index (κ3) is 3.63. The van der Waals surface area contributed by atoms with Crippen molar-refractivity contribution in [1.29, 1.82) is 0 Å². The van der Waals surface area contributed by atoms with Crippen molar-refractivity contribution in [2.75, 3.05) is 7.11 Å². The number of hydrogen-bond donors (Lipinski definition) is 1. The van der Waals surface area contributed by atoms with E-state index < -0.39 is 0 Å². The van der Waals surface area contributed by atoms with Crippen molar-refractivity contribution in [3.8, 4) is 5.75 Å². The van der Waals surface area contributed by atoms with Gasteiger partial charge in [-0.2, -0.15) is 0 Å². The Morgan fingerprint density at radius 3 is 2.37 bits per heavy atom. The summed E-state index contributed by atoms with van der Waals surface area (Å²) in [5.41, 5.74) is 8.24. The second-order valence-corrected chi connectivity index (χ2v) is 5.16. The molecule has 0 amide bonds. The maximum atomic E-state index is 6.19. The molecule has 4 heteroatoms. The highest BCUT2D eigenvalue weighted by molar-refractivity contribution is 6.35. The van der Waals surface area contributed by atoms with E-state index in [1.165, 1.54) is 0 Å². The second-order valence-electron chi connectivity index (χ2n) is 4.32. The molecule has 0 bridgehead atoms. The SMILES string of the molecule is COc1ccc(C(N)Cc2ccc(Cl)cc2Cl)cc1. The van der Waals surface area contributed by atoms with Gasteiger partial charge in [0.25, 0.3) is 0 Å². The molecule has 100 valence electrons. The van der Waals surface area contributed by atoms with Gasteiger partial charge < -0.3 is 10.5 Å². The van der Waals surface area contributed by atoms with Gasteiger partial charge in [-0.15, -0.1) is 0 Å². The summed E-state index contributed by atoms with van der Waals surface area (Å²) in [5, 5.41) is 1.28. The number of halogens is 2. The average Bonchev–Trinajstić information content (AvgIpc) is 2.42. The first-order valence-electron chi connectivity index (χ1n) is 5.93. The lowest BCUT2D eigenvalue weighted by Gasteiger charge is -2.14. The molecule has 0 aliphatic rings. The van der Waals surface area contributed by atoms with Crippen LogP contribution in [0.5, 0.6) is 5.75 Å². The van der Waals surface area contributed by atoms with E-state index in [4.69, 9.17) is 33.7 Å². The van der Waals surface area contributed by atoms with Gasteiger partial charge in [-0.1, -0.05) is 41.4 Å². The van der Waals surface area contributed by atoms with Crippen molar-refractivity contribution < 1.29 is 4.74 Å². The monoisotopic (exact) mass is 295 g/mol. The summed E-state index contributed by atoms with van der Waals surface area (Å²) in [6.07, 6.45) is 0.669. The zero-order chi connectivity index (χ0) is 13.8. The van der Waals surface area contributed by atoms with E-state index in [9.17, 15) is 0 Å². The number of ether oxygens (including phenoxy) is 1. The smallest absolute Gasteiger partial charge is 0.118 e. The molecule has 2 aromatic rings. The van der Waals surface area contributed by atoms with Crippen LogP contribution >= 0.6 is 23.2 Å². The van der Waals surface area contributed by atoms with Crippen LogP contribution in [-0.2, 0) is 6.42 Å². The van der Waals surface area contributed by atoms with Crippen molar-refractivity contribution in [2.45, 2.75) is 12.5 Å². The van der Waals surface area contributed by atoms with Crippen LogP contribution in [0.1, 0.15) is 17.2 Å². The molecular weight excluding hydrogens is 281 g/mol. The third-order valence-corrected chi connectivity index (χ3v) is 3.59. The maximum Gasteiger partial charge on any atom is 0.118 e. The van der Waals surface area contributed by atoms with Crippen LogP contribution in [0.25, 0.3) is 0 Å². The van der Waals surface area contributed by atoms with Gasteiger partial charge in [0.2, 0.25) is 0 Å².